The van der Waals surface area contributed by atoms with E-state index in [-0.39, 0.29) is 0 Å². The zero-order valence-electron chi connectivity index (χ0n) is 11.0. The molecule has 0 radical (unpaired) electrons. The Bertz CT molecular complexity index is 687. The maximum absolute atomic E-state index is 12.5. The molecule has 0 bridgehead atoms. The van der Waals surface area contributed by atoms with Crippen LogP contribution in [0, 0.1) is 0 Å². The zero-order valence-corrected chi connectivity index (χ0v) is 12.6. The van der Waals surface area contributed by atoms with Crippen molar-refractivity contribution in [2.45, 2.75) is 23.6 Å². The molecule has 124 valence electrons. The van der Waals surface area contributed by atoms with Crippen molar-refractivity contribution < 1.29 is 36.6 Å². The van der Waals surface area contributed by atoms with Crippen molar-refractivity contribution in [2.24, 2.45) is 0 Å². The summed E-state index contributed by atoms with van der Waals surface area (Å²) < 4.78 is 63.0. The smallest absolute Gasteiger partial charge is 0.416 e. The second kappa shape index (κ2) is 6.03. The fourth-order valence-electron chi connectivity index (χ4n) is 1.28. The first-order valence-electron chi connectivity index (χ1n) is 5.59. The Balaban J connectivity index is 3.07. The molecule has 0 amide bonds. The lowest BCUT2D eigenvalue weighted by Gasteiger charge is -2.18. The van der Waals surface area contributed by atoms with Crippen LogP contribution in [0.5, 0.6) is 0 Å². The molecule has 1 atom stereocenters. The van der Waals surface area contributed by atoms with Gasteiger partial charge in [0.1, 0.15) is 4.90 Å². The number of aliphatic hydroxyl groups is 1. The highest BCUT2D eigenvalue weighted by atomic mass is 35.5. The highest BCUT2D eigenvalue weighted by Gasteiger charge is 2.34. The summed E-state index contributed by atoms with van der Waals surface area (Å²) in [4.78, 5) is 10.00. The summed E-state index contributed by atoms with van der Waals surface area (Å²) in [6.45, 7) is -0.0335. The molecule has 1 aromatic rings. The van der Waals surface area contributed by atoms with E-state index in [4.69, 9.17) is 16.7 Å². The SMILES string of the molecule is CC(O)(CNS(=O)(=O)c1ccc(C(F)(F)F)cc1Cl)C(=O)O. The fraction of sp³-hybridized carbons (Fsp3) is 0.364. The number of sulfonamides is 1. The van der Waals surface area contributed by atoms with Crippen LogP contribution in [0.4, 0.5) is 13.2 Å². The van der Waals surface area contributed by atoms with Crippen LogP contribution in [0.2, 0.25) is 5.02 Å². The van der Waals surface area contributed by atoms with Crippen molar-refractivity contribution in [2.75, 3.05) is 6.54 Å². The number of halogens is 4. The van der Waals surface area contributed by atoms with Gasteiger partial charge in [-0.05, 0) is 25.1 Å². The van der Waals surface area contributed by atoms with E-state index in [0.717, 1.165) is 6.92 Å². The van der Waals surface area contributed by atoms with Crippen molar-refractivity contribution in [3.63, 3.8) is 0 Å². The Morgan fingerprint density at radius 1 is 1.36 bits per heavy atom. The molecule has 3 N–H and O–H groups in total. The van der Waals surface area contributed by atoms with Crippen LogP contribution in [0.3, 0.4) is 0 Å². The van der Waals surface area contributed by atoms with E-state index in [1.54, 1.807) is 4.72 Å². The molecule has 1 aromatic carbocycles. The number of benzene rings is 1. The third-order valence-electron chi connectivity index (χ3n) is 2.62. The minimum atomic E-state index is -4.69. The van der Waals surface area contributed by atoms with E-state index < -0.39 is 49.8 Å². The van der Waals surface area contributed by atoms with E-state index in [1.807, 2.05) is 0 Å². The van der Waals surface area contributed by atoms with Crippen LogP contribution < -0.4 is 4.72 Å². The van der Waals surface area contributed by atoms with E-state index in [0.29, 0.717) is 18.2 Å². The number of aliphatic carboxylic acids is 1. The van der Waals surface area contributed by atoms with Gasteiger partial charge in [0.2, 0.25) is 10.0 Å². The first kappa shape index (κ1) is 18.7. The molecule has 0 aliphatic heterocycles. The summed E-state index contributed by atoms with van der Waals surface area (Å²) in [6.07, 6.45) is -4.69. The Hall–Kier alpha value is -1.36. The van der Waals surface area contributed by atoms with Crippen LogP contribution in [-0.2, 0) is 21.0 Å². The quantitative estimate of drug-likeness (QED) is 0.737. The molecule has 22 heavy (non-hydrogen) atoms. The lowest BCUT2D eigenvalue weighted by atomic mass is 10.1. The number of carboxylic acids is 1. The van der Waals surface area contributed by atoms with Crippen molar-refractivity contribution in [3.8, 4) is 0 Å². The van der Waals surface area contributed by atoms with Gasteiger partial charge >= 0.3 is 12.1 Å². The number of nitrogens with one attached hydrogen (secondary N) is 1. The monoisotopic (exact) mass is 361 g/mol. The van der Waals surface area contributed by atoms with Gasteiger partial charge in [-0.15, -0.1) is 0 Å². The largest absolute Gasteiger partial charge is 0.479 e. The molecule has 6 nitrogen and oxygen atoms in total. The minimum absolute atomic E-state index is 0.436. The Morgan fingerprint density at radius 3 is 2.32 bits per heavy atom. The number of hydrogen-bond acceptors (Lipinski definition) is 4. The summed E-state index contributed by atoms with van der Waals surface area (Å²) in [7, 11) is -4.39. The number of alkyl halides is 3. The van der Waals surface area contributed by atoms with Crippen molar-refractivity contribution in [1.82, 2.24) is 4.72 Å². The Morgan fingerprint density at radius 2 is 1.91 bits per heavy atom. The lowest BCUT2D eigenvalue weighted by molar-refractivity contribution is -0.155. The van der Waals surface area contributed by atoms with E-state index in [1.165, 1.54) is 0 Å². The number of hydrogen-bond donors (Lipinski definition) is 3. The molecule has 1 rings (SSSR count). The zero-order chi connectivity index (χ0) is 17.3. The van der Waals surface area contributed by atoms with Gasteiger partial charge in [0, 0.05) is 0 Å². The van der Waals surface area contributed by atoms with Gasteiger partial charge in [0.15, 0.2) is 5.60 Å². The predicted molar refractivity (Wildman–Crippen MR) is 69.9 cm³/mol. The molecule has 0 saturated carbocycles. The summed E-state index contributed by atoms with van der Waals surface area (Å²) >= 11 is 5.53. The van der Waals surface area contributed by atoms with Gasteiger partial charge in [-0.2, -0.15) is 13.2 Å². The summed E-state index contributed by atoms with van der Waals surface area (Å²) in [6, 6.07) is 1.60. The average Bonchev–Trinajstić information content (AvgIpc) is 2.35. The third-order valence-corrected chi connectivity index (χ3v) is 4.50. The first-order chi connectivity index (χ1) is 9.77. The molecule has 0 fully saturated rings. The number of carbonyl (C=O) groups is 1. The standard InChI is InChI=1S/C11H11ClF3NO5S/c1-10(19,9(17)18)5-16-22(20,21)8-3-2-6(4-7(8)12)11(13,14)15/h2-4,16,19H,5H2,1H3,(H,17,18). The topological polar surface area (TPSA) is 104 Å². The molecule has 0 aliphatic carbocycles. The van der Waals surface area contributed by atoms with Crippen molar-refractivity contribution >= 4 is 27.6 Å². The fourth-order valence-corrected chi connectivity index (χ4v) is 2.96. The van der Waals surface area contributed by atoms with Gasteiger partial charge in [-0.3, -0.25) is 0 Å². The van der Waals surface area contributed by atoms with Crippen LogP contribution in [0.15, 0.2) is 23.1 Å². The maximum Gasteiger partial charge on any atom is 0.416 e. The van der Waals surface area contributed by atoms with Crippen LogP contribution in [-0.4, -0.2) is 36.7 Å². The maximum atomic E-state index is 12.5. The lowest BCUT2D eigenvalue weighted by Crippen LogP contribution is -2.46. The van der Waals surface area contributed by atoms with Gasteiger partial charge in [-0.25, -0.2) is 17.9 Å². The number of rotatable bonds is 5. The number of carboxylic acid groups (broad SMARTS) is 1. The highest BCUT2D eigenvalue weighted by Crippen LogP contribution is 2.33. The van der Waals surface area contributed by atoms with E-state index in [9.17, 15) is 31.5 Å². The van der Waals surface area contributed by atoms with Crippen LogP contribution in [0.25, 0.3) is 0 Å². The Kier molecular flexibility index (Phi) is 5.12. The Labute approximate surface area is 128 Å². The molecular weight excluding hydrogens is 351 g/mol. The molecule has 1 unspecified atom stereocenters. The normalized spacial score (nSPS) is 15.4. The highest BCUT2D eigenvalue weighted by molar-refractivity contribution is 7.89. The first-order valence-corrected chi connectivity index (χ1v) is 7.46. The van der Waals surface area contributed by atoms with Gasteiger partial charge in [0.05, 0.1) is 17.1 Å². The summed E-state index contributed by atoms with van der Waals surface area (Å²) in [5, 5.41) is 17.4. The van der Waals surface area contributed by atoms with Crippen molar-refractivity contribution in [3.05, 3.63) is 28.8 Å². The van der Waals surface area contributed by atoms with Gasteiger partial charge in [-0.1, -0.05) is 11.6 Å². The van der Waals surface area contributed by atoms with E-state index >= 15 is 0 Å². The molecule has 0 saturated heterocycles. The molecule has 0 aliphatic rings. The molecule has 0 spiro atoms. The molecular formula is C11H11ClF3NO5S. The van der Waals surface area contributed by atoms with Crippen LogP contribution in [0.1, 0.15) is 12.5 Å². The van der Waals surface area contributed by atoms with E-state index in [2.05, 4.69) is 0 Å². The van der Waals surface area contributed by atoms with Gasteiger partial charge < -0.3 is 10.2 Å². The van der Waals surface area contributed by atoms with Crippen LogP contribution >= 0.6 is 11.6 Å². The summed E-state index contributed by atoms with van der Waals surface area (Å²) in [5.74, 6) is -1.67. The van der Waals surface area contributed by atoms with Crippen molar-refractivity contribution in [1.29, 1.82) is 0 Å². The predicted octanol–water partition coefficient (Wildman–Crippen LogP) is 1.47. The van der Waals surface area contributed by atoms with Gasteiger partial charge in [0.25, 0.3) is 0 Å². The summed E-state index contributed by atoms with van der Waals surface area (Å²) in [5.41, 5.74) is -3.51. The second-order valence-electron chi connectivity index (χ2n) is 4.55. The third kappa shape index (κ3) is 4.32. The molecule has 0 heterocycles. The molecule has 0 aromatic heterocycles. The second-order valence-corrected chi connectivity index (χ2v) is 6.69. The minimum Gasteiger partial charge on any atom is -0.479 e. The average molecular weight is 362 g/mol. The molecule has 11 heteroatoms.